The van der Waals surface area contributed by atoms with Crippen LogP contribution in [-0.4, -0.2) is 31.7 Å². The molecule has 1 aliphatic heterocycles. The van der Waals surface area contributed by atoms with Crippen molar-refractivity contribution >= 4 is 11.7 Å². The molecule has 0 radical (unpaired) electrons. The third kappa shape index (κ3) is 4.40. The highest BCUT2D eigenvalue weighted by Crippen LogP contribution is 2.48. The number of rotatable bonds is 7. The van der Waals surface area contributed by atoms with Crippen molar-refractivity contribution in [3.05, 3.63) is 29.8 Å². The molecule has 144 valence electrons. The third-order valence-electron chi connectivity index (χ3n) is 5.88. The fourth-order valence-electron chi connectivity index (χ4n) is 4.42. The van der Waals surface area contributed by atoms with Gasteiger partial charge in [-0.15, -0.1) is 0 Å². The number of hydrogen-bond donors (Lipinski definition) is 2. The van der Waals surface area contributed by atoms with Gasteiger partial charge >= 0.3 is 5.97 Å². The Kier molecular flexibility index (Phi) is 5.91. The highest BCUT2D eigenvalue weighted by molar-refractivity contribution is 5.79. The standard InChI is InChI=1S/C22H34N2O2/c1-21(2,3)18-8-4-5-9-19(18)24-15-14-23-13-10-17-16-22(20(25)26-17)11-6-7-12-22/h4-5,8-9,17,23-24H,6-7,10-16H2,1-3H3. The molecule has 0 aromatic heterocycles. The fourth-order valence-corrected chi connectivity index (χ4v) is 4.42. The summed E-state index contributed by atoms with van der Waals surface area (Å²) in [7, 11) is 0. The predicted octanol–water partition coefficient (Wildman–Crippen LogP) is 4.25. The summed E-state index contributed by atoms with van der Waals surface area (Å²) in [4.78, 5) is 12.2. The van der Waals surface area contributed by atoms with Crippen LogP contribution in [0.4, 0.5) is 5.69 Å². The molecule has 1 heterocycles. The normalized spacial score (nSPS) is 22.0. The van der Waals surface area contributed by atoms with Crippen LogP contribution in [0.1, 0.15) is 64.9 Å². The number of carbonyl (C=O) groups is 1. The first-order chi connectivity index (χ1) is 12.4. The Morgan fingerprint density at radius 1 is 1.12 bits per heavy atom. The Morgan fingerprint density at radius 2 is 1.85 bits per heavy atom. The molecule has 2 aliphatic rings. The quantitative estimate of drug-likeness (QED) is 0.565. The lowest BCUT2D eigenvalue weighted by Gasteiger charge is -2.23. The molecule has 4 nitrogen and oxygen atoms in total. The lowest BCUT2D eigenvalue weighted by atomic mass is 9.83. The largest absolute Gasteiger partial charge is 0.462 e. The van der Waals surface area contributed by atoms with Gasteiger partial charge in [0, 0.05) is 25.2 Å². The number of hydrogen-bond acceptors (Lipinski definition) is 4. The van der Waals surface area contributed by atoms with E-state index in [0.29, 0.717) is 0 Å². The Morgan fingerprint density at radius 3 is 2.58 bits per heavy atom. The van der Waals surface area contributed by atoms with E-state index in [1.165, 1.54) is 24.1 Å². The van der Waals surface area contributed by atoms with Crippen LogP contribution < -0.4 is 10.6 Å². The molecule has 1 saturated heterocycles. The number of nitrogens with one attached hydrogen (secondary N) is 2. The maximum absolute atomic E-state index is 12.2. The maximum atomic E-state index is 12.2. The van der Waals surface area contributed by atoms with E-state index in [2.05, 4.69) is 55.7 Å². The molecular formula is C22H34N2O2. The van der Waals surface area contributed by atoms with Crippen LogP contribution in [0.3, 0.4) is 0 Å². The van der Waals surface area contributed by atoms with Crippen molar-refractivity contribution in [2.24, 2.45) is 5.41 Å². The number of anilines is 1. The van der Waals surface area contributed by atoms with Gasteiger partial charge in [-0.05, 0) is 42.9 Å². The van der Waals surface area contributed by atoms with Crippen LogP contribution in [0, 0.1) is 5.41 Å². The molecule has 0 bridgehead atoms. The van der Waals surface area contributed by atoms with Crippen LogP contribution in [-0.2, 0) is 14.9 Å². The van der Waals surface area contributed by atoms with Gasteiger partial charge in [0.2, 0.25) is 0 Å². The first-order valence-electron chi connectivity index (χ1n) is 10.2. The lowest BCUT2D eigenvalue weighted by Crippen LogP contribution is -2.26. The number of esters is 1. The van der Waals surface area contributed by atoms with Gasteiger partial charge in [0.1, 0.15) is 6.10 Å². The second-order valence-corrected chi connectivity index (χ2v) is 8.98. The summed E-state index contributed by atoms with van der Waals surface area (Å²) in [6.07, 6.45) is 6.41. The van der Waals surface area contributed by atoms with E-state index in [4.69, 9.17) is 4.74 Å². The fraction of sp³-hybridized carbons (Fsp3) is 0.682. The first-order valence-corrected chi connectivity index (χ1v) is 10.2. The zero-order chi connectivity index (χ0) is 18.6. The van der Waals surface area contributed by atoms with Gasteiger partial charge in [0.25, 0.3) is 0 Å². The third-order valence-corrected chi connectivity index (χ3v) is 5.88. The van der Waals surface area contributed by atoms with Gasteiger partial charge < -0.3 is 15.4 Å². The SMILES string of the molecule is CC(C)(C)c1ccccc1NCCNCCC1CC2(CCCC2)C(=O)O1. The molecule has 3 rings (SSSR count). The number of ether oxygens (including phenoxy) is 1. The molecule has 1 unspecified atom stereocenters. The van der Waals surface area contributed by atoms with Crippen LogP contribution in [0.25, 0.3) is 0 Å². The van der Waals surface area contributed by atoms with Crippen LogP contribution in [0.5, 0.6) is 0 Å². The van der Waals surface area contributed by atoms with Gasteiger partial charge in [-0.3, -0.25) is 4.79 Å². The van der Waals surface area contributed by atoms with Crippen molar-refractivity contribution in [2.75, 3.05) is 25.0 Å². The van der Waals surface area contributed by atoms with Gasteiger partial charge in [-0.25, -0.2) is 0 Å². The van der Waals surface area contributed by atoms with E-state index < -0.39 is 0 Å². The Hall–Kier alpha value is -1.55. The van der Waals surface area contributed by atoms with Crippen molar-refractivity contribution < 1.29 is 9.53 Å². The molecule has 26 heavy (non-hydrogen) atoms. The smallest absolute Gasteiger partial charge is 0.312 e. The molecule has 1 saturated carbocycles. The number of cyclic esters (lactones) is 1. The van der Waals surface area contributed by atoms with Crippen LogP contribution in [0.15, 0.2) is 24.3 Å². The molecule has 1 aliphatic carbocycles. The second kappa shape index (κ2) is 7.99. The zero-order valence-corrected chi connectivity index (χ0v) is 16.6. The number of carbonyl (C=O) groups excluding carboxylic acids is 1. The minimum Gasteiger partial charge on any atom is -0.462 e. The summed E-state index contributed by atoms with van der Waals surface area (Å²) in [5.74, 6) is 0.0699. The molecule has 1 atom stereocenters. The average molecular weight is 359 g/mol. The number of para-hydroxylation sites is 1. The minimum absolute atomic E-state index is 0.0699. The highest BCUT2D eigenvalue weighted by Gasteiger charge is 2.49. The second-order valence-electron chi connectivity index (χ2n) is 8.98. The van der Waals surface area contributed by atoms with Crippen LogP contribution >= 0.6 is 0 Å². The summed E-state index contributed by atoms with van der Waals surface area (Å²) in [6.45, 7) is 9.42. The average Bonchev–Trinajstić information content (AvgIpc) is 3.18. The van der Waals surface area contributed by atoms with Crippen LogP contribution in [0.2, 0.25) is 0 Å². The maximum Gasteiger partial charge on any atom is 0.312 e. The minimum atomic E-state index is -0.122. The van der Waals surface area contributed by atoms with Crippen molar-refractivity contribution in [3.8, 4) is 0 Å². The molecule has 1 aromatic rings. The molecular weight excluding hydrogens is 324 g/mol. The van der Waals surface area contributed by atoms with Gasteiger partial charge in [-0.1, -0.05) is 51.8 Å². The monoisotopic (exact) mass is 358 g/mol. The molecule has 0 amide bonds. The van der Waals surface area contributed by atoms with Crippen molar-refractivity contribution in [3.63, 3.8) is 0 Å². The van der Waals surface area contributed by atoms with Gasteiger partial charge in [-0.2, -0.15) is 0 Å². The van der Waals surface area contributed by atoms with E-state index in [0.717, 1.165) is 45.3 Å². The summed E-state index contributed by atoms with van der Waals surface area (Å²) in [5.41, 5.74) is 2.58. The predicted molar refractivity (Wildman–Crippen MR) is 107 cm³/mol. The summed E-state index contributed by atoms with van der Waals surface area (Å²) in [5, 5.41) is 7.03. The van der Waals surface area contributed by atoms with Crippen molar-refractivity contribution in [2.45, 2.75) is 70.8 Å². The van der Waals surface area contributed by atoms with Crippen molar-refractivity contribution in [1.29, 1.82) is 0 Å². The van der Waals surface area contributed by atoms with E-state index >= 15 is 0 Å². The lowest BCUT2D eigenvalue weighted by molar-refractivity contribution is -0.148. The molecule has 4 heteroatoms. The number of benzene rings is 1. The van der Waals surface area contributed by atoms with Crippen molar-refractivity contribution in [1.82, 2.24) is 5.32 Å². The summed E-state index contributed by atoms with van der Waals surface area (Å²) in [6, 6.07) is 8.53. The first kappa shape index (κ1) is 19.2. The van der Waals surface area contributed by atoms with Gasteiger partial charge in [0.15, 0.2) is 0 Å². The van der Waals surface area contributed by atoms with E-state index in [1.807, 2.05) is 0 Å². The van der Waals surface area contributed by atoms with E-state index in [-0.39, 0.29) is 22.9 Å². The van der Waals surface area contributed by atoms with Gasteiger partial charge in [0.05, 0.1) is 5.41 Å². The van der Waals surface area contributed by atoms with E-state index in [9.17, 15) is 4.79 Å². The Balaban J connectivity index is 1.35. The molecule has 2 fully saturated rings. The Bertz CT molecular complexity index is 615. The Labute approximate surface area is 158 Å². The highest BCUT2D eigenvalue weighted by atomic mass is 16.6. The molecule has 1 aromatic carbocycles. The summed E-state index contributed by atoms with van der Waals surface area (Å²) >= 11 is 0. The molecule has 2 N–H and O–H groups in total. The molecule has 1 spiro atoms. The van der Waals surface area contributed by atoms with E-state index in [1.54, 1.807) is 0 Å². The summed E-state index contributed by atoms with van der Waals surface area (Å²) < 4.78 is 5.63. The topological polar surface area (TPSA) is 50.4 Å². The zero-order valence-electron chi connectivity index (χ0n) is 16.6.